The third-order valence-electron chi connectivity index (χ3n) is 1.80. The summed E-state index contributed by atoms with van der Waals surface area (Å²) >= 11 is -1.25. The van der Waals surface area contributed by atoms with Gasteiger partial charge in [0.25, 0.3) is 0 Å². The molecular formula is C11H16N2O2S. The Balaban J connectivity index is 2.69. The Kier molecular flexibility index (Phi) is 4.32. The third-order valence-corrected chi connectivity index (χ3v) is 3.14. The summed E-state index contributed by atoms with van der Waals surface area (Å²) in [5, 5.41) is 0. The molecular weight excluding hydrogens is 224 g/mol. The first-order chi connectivity index (χ1) is 7.43. The fourth-order valence-corrected chi connectivity index (χ4v) is 1.37. The van der Waals surface area contributed by atoms with E-state index in [1.165, 1.54) is 6.21 Å². The van der Waals surface area contributed by atoms with E-state index in [1.807, 2.05) is 20.8 Å². The van der Waals surface area contributed by atoms with Crippen molar-refractivity contribution >= 4 is 17.6 Å². The second-order valence-electron chi connectivity index (χ2n) is 4.22. The summed E-state index contributed by atoms with van der Waals surface area (Å²) in [7, 11) is 1.58. The molecule has 0 spiro atoms. The molecule has 0 bridgehead atoms. The molecule has 1 rings (SSSR count). The Morgan fingerprint density at radius 1 is 1.44 bits per heavy atom. The van der Waals surface area contributed by atoms with Crippen LogP contribution in [-0.4, -0.2) is 27.6 Å². The van der Waals surface area contributed by atoms with Crippen LogP contribution in [0, 0.1) is 0 Å². The zero-order valence-corrected chi connectivity index (χ0v) is 10.7. The molecule has 0 aliphatic carbocycles. The summed E-state index contributed by atoms with van der Waals surface area (Å²) < 4.78 is 20.2. The average Bonchev–Trinajstić information content (AvgIpc) is 2.25. The molecule has 88 valence electrons. The standard InChI is InChI=1S/C11H16N2O2S/c1-11(2,3)16(14)13-7-9-5-6-10(15-4)8-12-9/h5-8H,1-4H3/t16-/m1/s1. The highest BCUT2D eigenvalue weighted by atomic mass is 32.2. The highest BCUT2D eigenvalue weighted by Crippen LogP contribution is 2.16. The van der Waals surface area contributed by atoms with Gasteiger partial charge < -0.3 is 9.29 Å². The normalized spacial score (nSPS) is 14.1. The summed E-state index contributed by atoms with van der Waals surface area (Å²) in [4.78, 5) is 4.09. The molecule has 0 saturated carbocycles. The Morgan fingerprint density at radius 3 is 2.56 bits per heavy atom. The summed E-state index contributed by atoms with van der Waals surface area (Å²) in [6, 6.07) is 3.55. The minimum absolute atomic E-state index is 0.344. The topological polar surface area (TPSA) is 57.5 Å². The number of ether oxygens (including phenoxy) is 1. The maximum absolute atomic E-state index is 11.6. The van der Waals surface area contributed by atoms with Crippen molar-refractivity contribution in [3.8, 4) is 5.75 Å². The van der Waals surface area contributed by atoms with Crippen LogP contribution < -0.4 is 4.74 Å². The number of pyridine rings is 1. The van der Waals surface area contributed by atoms with E-state index in [4.69, 9.17) is 4.74 Å². The summed E-state index contributed by atoms with van der Waals surface area (Å²) in [5.41, 5.74) is 0.665. The highest BCUT2D eigenvalue weighted by molar-refractivity contribution is 7.91. The quantitative estimate of drug-likeness (QED) is 0.599. The van der Waals surface area contributed by atoms with Gasteiger partial charge in [-0.15, -0.1) is 0 Å². The molecule has 1 atom stereocenters. The molecule has 16 heavy (non-hydrogen) atoms. The fraction of sp³-hybridized carbons (Fsp3) is 0.455. The smallest absolute Gasteiger partial charge is 0.144 e. The molecule has 0 unspecified atom stereocenters. The average molecular weight is 240 g/mol. The van der Waals surface area contributed by atoms with Gasteiger partial charge >= 0.3 is 0 Å². The van der Waals surface area contributed by atoms with Crippen molar-refractivity contribution in [2.45, 2.75) is 25.5 Å². The van der Waals surface area contributed by atoms with Gasteiger partial charge in [-0.3, -0.25) is 4.98 Å². The lowest BCUT2D eigenvalue weighted by Crippen LogP contribution is -2.25. The zero-order chi connectivity index (χ0) is 12.2. The minimum atomic E-state index is -1.25. The maximum Gasteiger partial charge on any atom is 0.144 e. The molecule has 0 aromatic carbocycles. The Bertz CT molecular complexity index is 357. The molecule has 1 aromatic rings. The van der Waals surface area contributed by atoms with Crippen LogP contribution in [0.2, 0.25) is 0 Å². The highest BCUT2D eigenvalue weighted by Gasteiger charge is 2.25. The van der Waals surface area contributed by atoms with E-state index in [-0.39, 0.29) is 4.75 Å². The Labute approximate surface area is 99.1 Å². The zero-order valence-electron chi connectivity index (χ0n) is 9.93. The lowest BCUT2D eigenvalue weighted by atomic mass is 10.3. The summed E-state index contributed by atoms with van der Waals surface area (Å²) in [5.74, 6) is 0.689. The summed E-state index contributed by atoms with van der Waals surface area (Å²) in [6.07, 6.45) is 3.11. The van der Waals surface area contributed by atoms with Gasteiger partial charge in [0, 0.05) is 0 Å². The van der Waals surface area contributed by atoms with E-state index in [1.54, 1.807) is 25.4 Å². The van der Waals surface area contributed by atoms with Crippen LogP contribution >= 0.6 is 0 Å². The number of hydrogen-bond acceptors (Lipinski definition) is 4. The van der Waals surface area contributed by atoms with E-state index >= 15 is 0 Å². The Hall–Kier alpha value is -1.07. The van der Waals surface area contributed by atoms with Crippen molar-refractivity contribution in [3.63, 3.8) is 0 Å². The number of methoxy groups -OCH3 is 1. The van der Waals surface area contributed by atoms with Crippen molar-refractivity contribution < 1.29 is 9.29 Å². The largest absolute Gasteiger partial charge is 0.591 e. The van der Waals surface area contributed by atoms with Crippen LogP contribution in [-0.2, 0) is 11.4 Å². The van der Waals surface area contributed by atoms with Crippen molar-refractivity contribution in [2.24, 2.45) is 4.40 Å². The van der Waals surface area contributed by atoms with E-state index < -0.39 is 11.4 Å². The van der Waals surface area contributed by atoms with E-state index in [0.717, 1.165) is 0 Å². The number of nitrogens with zero attached hydrogens (tertiary/aromatic N) is 2. The van der Waals surface area contributed by atoms with Gasteiger partial charge in [0.15, 0.2) is 0 Å². The molecule has 4 nitrogen and oxygen atoms in total. The number of hydrogen-bond donors (Lipinski definition) is 0. The second-order valence-corrected chi connectivity index (χ2v) is 6.15. The van der Waals surface area contributed by atoms with Gasteiger partial charge in [-0.25, -0.2) is 0 Å². The van der Waals surface area contributed by atoms with Crippen molar-refractivity contribution in [3.05, 3.63) is 24.0 Å². The third kappa shape index (κ3) is 3.83. The van der Waals surface area contributed by atoms with Crippen LogP contribution in [0.3, 0.4) is 0 Å². The van der Waals surface area contributed by atoms with Gasteiger partial charge in [-0.1, -0.05) is 4.40 Å². The molecule has 0 aliphatic rings. The second kappa shape index (κ2) is 5.32. The first kappa shape index (κ1) is 13.0. The van der Waals surface area contributed by atoms with Crippen molar-refractivity contribution in [1.29, 1.82) is 0 Å². The van der Waals surface area contributed by atoms with E-state index in [2.05, 4.69) is 9.38 Å². The predicted octanol–water partition coefficient (Wildman–Crippen LogP) is 1.97. The van der Waals surface area contributed by atoms with Crippen LogP contribution in [0.4, 0.5) is 0 Å². The number of aromatic nitrogens is 1. The van der Waals surface area contributed by atoms with Crippen molar-refractivity contribution in [1.82, 2.24) is 4.98 Å². The summed E-state index contributed by atoms with van der Waals surface area (Å²) in [6.45, 7) is 5.63. The van der Waals surface area contributed by atoms with Crippen LogP contribution in [0.1, 0.15) is 26.5 Å². The molecule has 0 saturated heterocycles. The van der Waals surface area contributed by atoms with Gasteiger partial charge in [0.05, 0.1) is 19.0 Å². The lowest BCUT2D eigenvalue weighted by Gasteiger charge is -2.17. The first-order valence-electron chi connectivity index (χ1n) is 4.89. The number of rotatable bonds is 3. The predicted molar refractivity (Wildman–Crippen MR) is 66.3 cm³/mol. The van der Waals surface area contributed by atoms with E-state index in [0.29, 0.717) is 11.4 Å². The van der Waals surface area contributed by atoms with Crippen LogP contribution in [0.5, 0.6) is 5.75 Å². The monoisotopic (exact) mass is 240 g/mol. The molecule has 0 fully saturated rings. The van der Waals surface area contributed by atoms with Crippen LogP contribution in [0.25, 0.3) is 0 Å². The van der Waals surface area contributed by atoms with Crippen LogP contribution in [0.15, 0.2) is 22.7 Å². The molecule has 1 aromatic heterocycles. The Morgan fingerprint density at radius 2 is 2.12 bits per heavy atom. The molecule has 1 heterocycles. The van der Waals surface area contributed by atoms with Gasteiger partial charge in [-0.2, -0.15) is 0 Å². The van der Waals surface area contributed by atoms with Gasteiger partial charge in [0.2, 0.25) is 0 Å². The first-order valence-corrected chi connectivity index (χ1v) is 6.00. The van der Waals surface area contributed by atoms with E-state index in [9.17, 15) is 4.55 Å². The van der Waals surface area contributed by atoms with Crippen molar-refractivity contribution in [2.75, 3.05) is 7.11 Å². The molecule has 0 radical (unpaired) electrons. The maximum atomic E-state index is 11.6. The van der Waals surface area contributed by atoms with Gasteiger partial charge in [-0.05, 0) is 32.9 Å². The fourth-order valence-electron chi connectivity index (χ4n) is 0.849. The minimum Gasteiger partial charge on any atom is -0.591 e. The SMILES string of the molecule is COc1ccc(C=N[S@+]([O-])C(C)(C)C)nc1. The van der Waals surface area contributed by atoms with Gasteiger partial charge in [0.1, 0.15) is 28.1 Å². The molecule has 0 amide bonds. The molecule has 0 N–H and O–H groups in total. The molecule has 0 aliphatic heterocycles. The molecule has 5 heteroatoms. The lowest BCUT2D eigenvalue weighted by molar-refractivity contribution is 0.413.